The molecule has 3 aliphatic heterocycles. The third-order valence-electron chi connectivity index (χ3n) is 7.03. The molecule has 0 spiro atoms. The van der Waals surface area contributed by atoms with Crippen LogP contribution in [0.15, 0.2) is 54.1 Å². The number of allylic oxidation sites excluding steroid dienone is 1. The number of aromatic nitrogens is 2. The van der Waals surface area contributed by atoms with Crippen molar-refractivity contribution in [3.05, 3.63) is 65.5 Å². The van der Waals surface area contributed by atoms with Gasteiger partial charge in [-0.2, -0.15) is 0 Å². The average molecular weight is 545 g/mol. The van der Waals surface area contributed by atoms with Crippen LogP contribution >= 0.6 is 0 Å². The summed E-state index contributed by atoms with van der Waals surface area (Å²) in [6, 6.07) is 9.72. The summed E-state index contributed by atoms with van der Waals surface area (Å²) in [6.07, 6.45) is 6.31. The summed E-state index contributed by atoms with van der Waals surface area (Å²) in [4.78, 5) is 25.5. The van der Waals surface area contributed by atoms with Gasteiger partial charge in [-0.1, -0.05) is 18.1 Å². The van der Waals surface area contributed by atoms with Crippen LogP contribution in [-0.4, -0.2) is 63.4 Å². The standard InChI is InChI=1S/C29H36N8O3/c1-29(2,3)40-28(39)32-14-6-9-25-31-15-12-26(33-25)36-16-13-19-10-11-20(18-36)37(19)23-17-22(34-35-27(23)30)21-7-4-5-8-24(21)38/h4-5,7-8,12,15,17,19-20,34-35,38H,10-11,13-14,16,18,30H2,1-3H3,(H,32,39)/t19-,20+/m0/s1. The molecule has 210 valence electrons. The number of ether oxygens (including phenoxy) is 1. The van der Waals surface area contributed by atoms with Crippen molar-refractivity contribution in [2.24, 2.45) is 5.73 Å². The van der Waals surface area contributed by atoms with Crippen LogP contribution < -0.4 is 26.8 Å². The first-order valence-electron chi connectivity index (χ1n) is 13.5. The number of nitrogens with two attached hydrogens (primary N) is 1. The highest BCUT2D eigenvalue weighted by atomic mass is 16.6. The average Bonchev–Trinajstić information content (AvgIpc) is 3.20. The van der Waals surface area contributed by atoms with Gasteiger partial charge in [0.05, 0.1) is 17.9 Å². The molecule has 2 fully saturated rings. The van der Waals surface area contributed by atoms with Gasteiger partial charge in [0.2, 0.25) is 5.82 Å². The zero-order valence-electron chi connectivity index (χ0n) is 23.1. The van der Waals surface area contributed by atoms with Crippen molar-refractivity contribution in [1.29, 1.82) is 0 Å². The molecule has 2 saturated heterocycles. The van der Waals surface area contributed by atoms with Gasteiger partial charge >= 0.3 is 6.09 Å². The molecule has 1 amide bonds. The maximum atomic E-state index is 11.8. The number of amides is 1. The van der Waals surface area contributed by atoms with Crippen LogP contribution in [0.5, 0.6) is 5.75 Å². The lowest BCUT2D eigenvalue weighted by molar-refractivity contribution is 0.0535. The number of hydrogen-bond acceptors (Lipinski definition) is 10. The number of anilines is 1. The molecule has 3 aliphatic rings. The van der Waals surface area contributed by atoms with E-state index in [2.05, 4.69) is 42.8 Å². The molecule has 4 heterocycles. The number of phenols is 1. The minimum Gasteiger partial charge on any atom is -0.507 e. The van der Waals surface area contributed by atoms with E-state index in [4.69, 9.17) is 15.5 Å². The highest BCUT2D eigenvalue weighted by Gasteiger charge is 2.39. The molecule has 2 aromatic rings. The Morgan fingerprint density at radius 1 is 1.20 bits per heavy atom. The third kappa shape index (κ3) is 6.17. The number of benzene rings is 1. The summed E-state index contributed by atoms with van der Waals surface area (Å²) in [7, 11) is 0. The highest BCUT2D eigenvalue weighted by molar-refractivity contribution is 5.72. The SMILES string of the molecule is CC(C)(C)OC(=O)NCC#Cc1nccc(N2CC[C@@H]3CC[C@H](C2)N3C2=C(N)NNC(c3ccccc3O)=C2)n1. The number of rotatable bonds is 4. The van der Waals surface area contributed by atoms with Crippen molar-refractivity contribution in [3.63, 3.8) is 0 Å². The van der Waals surface area contributed by atoms with Crippen LogP contribution in [0.4, 0.5) is 10.6 Å². The van der Waals surface area contributed by atoms with Gasteiger partial charge in [-0.15, -0.1) is 0 Å². The van der Waals surface area contributed by atoms with Crippen molar-refractivity contribution in [1.82, 2.24) is 31.0 Å². The second kappa shape index (κ2) is 11.3. The Labute approximate surface area is 234 Å². The number of alkyl carbamates (subject to hydrolysis) is 1. The van der Waals surface area contributed by atoms with Gasteiger partial charge in [-0.05, 0) is 70.2 Å². The van der Waals surface area contributed by atoms with Gasteiger partial charge in [0.15, 0.2) is 0 Å². The van der Waals surface area contributed by atoms with E-state index < -0.39 is 11.7 Å². The minimum atomic E-state index is -0.562. The fraction of sp³-hybridized carbons (Fsp3) is 0.414. The topological polar surface area (TPSA) is 141 Å². The first-order valence-corrected chi connectivity index (χ1v) is 13.5. The lowest BCUT2D eigenvalue weighted by Gasteiger charge is -2.35. The van der Waals surface area contributed by atoms with Gasteiger partial charge in [0, 0.05) is 36.9 Å². The van der Waals surface area contributed by atoms with E-state index in [1.54, 1.807) is 18.3 Å². The van der Waals surface area contributed by atoms with Crippen LogP contribution in [0.25, 0.3) is 5.70 Å². The van der Waals surface area contributed by atoms with Crippen molar-refractivity contribution in [3.8, 4) is 17.6 Å². The van der Waals surface area contributed by atoms with Gasteiger partial charge in [-0.3, -0.25) is 10.9 Å². The summed E-state index contributed by atoms with van der Waals surface area (Å²) < 4.78 is 5.22. The lowest BCUT2D eigenvalue weighted by atomic mass is 10.1. The molecule has 11 nitrogen and oxygen atoms in total. The molecule has 1 aromatic carbocycles. The summed E-state index contributed by atoms with van der Waals surface area (Å²) in [5.74, 6) is 7.82. The number of carbonyl (C=O) groups excluding carboxylic acids is 1. The Kier molecular flexibility index (Phi) is 7.60. The van der Waals surface area contributed by atoms with Gasteiger partial charge in [-0.25, -0.2) is 14.8 Å². The number of carbonyl (C=O) groups is 1. The number of fused-ring (bicyclic) bond motifs is 2. The Balaban J connectivity index is 1.29. The molecule has 6 N–H and O–H groups in total. The normalized spacial score (nSPS) is 20.4. The van der Waals surface area contributed by atoms with Crippen molar-refractivity contribution < 1.29 is 14.6 Å². The zero-order chi connectivity index (χ0) is 28.3. The first-order chi connectivity index (χ1) is 19.2. The predicted molar refractivity (Wildman–Crippen MR) is 152 cm³/mol. The molecular weight excluding hydrogens is 508 g/mol. The molecular formula is C29H36N8O3. The Hall–Kier alpha value is -4.59. The number of hydrogen-bond donors (Lipinski definition) is 5. The van der Waals surface area contributed by atoms with Crippen LogP contribution in [-0.2, 0) is 4.74 Å². The number of para-hydroxylation sites is 1. The van der Waals surface area contributed by atoms with E-state index in [9.17, 15) is 9.90 Å². The molecule has 0 aliphatic carbocycles. The van der Waals surface area contributed by atoms with E-state index in [1.807, 2.05) is 45.0 Å². The molecule has 0 radical (unpaired) electrons. The third-order valence-corrected chi connectivity index (χ3v) is 7.03. The number of nitrogens with zero attached hydrogens (tertiary/aromatic N) is 4. The van der Waals surface area contributed by atoms with Crippen LogP contribution in [0.3, 0.4) is 0 Å². The summed E-state index contributed by atoms with van der Waals surface area (Å²) in [5, 5.41) is 13.0. The quantitative estimate of drug-likeness (QED) is 0.364. The summed E-state index contributed by atoms with van der Waals surface area (Å²) >= 11 is 0. The summed E-state index contributed by atoms with van der Waals surface area (Å²) in [6.45, 7) is 7.20. The second-order valence-electron chi connectivity index (χ2n) is 11.0. The number of hydrazine groups is 1. The van der Waals surface area contributed by atoms with Crippen molar-refractivity contribution in [2.75, 3.05) is 24.5 Å². The number of phenolic OH excluding ortho intramolecular Hbond substituents is 1. The van der Waals surface area contributed by atoms with Crippen molar-refractivity contribution >= 4 is 17.6 Å². The maximum absolute atomic E-state index is 11.8. The highest BCUT2D eigenvalue weighted by Crippen LogP contribution is 2.37. The molecule has 5 rings (SSSR count). The monoisotopic (exact) mass is 544 g/mol. The molecule has 40 heavy (non-hydrogen) atoms. The number of aromatic hydroxyl groups is 1. The number of nitrogens with one attached hydrogen (secondary N) is 3. The largest absolute Gasteiger partial charge is 0.507 e. The van der Waals surface area contributed by atoms with E-state index >= 15 is 0 Å². The Morgan fingerprint density at radius 3 is 2.80 bits per heavy atom. The van der Waals surface area contributed by atoms with E-state index in [1.165, 1.54) is 0 Å². The molecule has 1 aromatic heterocycles. The maximum Gasteiger partial charge on any atom is 0.408 e. The van der Waals surface area contributed by atoms with Gasteiger partial charge in [0.25, 0.3) is 0 Å². The molecule has 2 atom stereocenters. The smallest absolute Gasteiger partial charge is 0.408 e. The van der Waals surface area contributed by atoms with Crippen LogP contribution in [0, 0.1) is 11.8 Å². The van der Waals surface area contributed by atoms with Gasteiger partial charge < -0.3 is 30.7 Å². The summed E-state index contributed by atoms with van der Waals surface area (Å²) in [5.41, 5.74) is 14.5. The van der Waals surface area contributed by atoms with Crippen molar-refractivity contribution in [2.45, 2.75) is 57.7 Å². The van der Waals surface area contributed by atoms with E-state index in [0.717, 1.165) is 49.6 Å². The van der Waals surface area contributed by atoms with Crippen LogP contribution in [0.2, 0.25) is 0 Å². The zero-order valence-corrected chi connectivity index (χ0v) is 23.1. The predicted octanol–water partition coefficient (Wildman–Crippen LogP) is 2.38. The molecule has 2 bridgehead atoms. The Morgan fingerprint density at radius 2 is 2.00 bits per heavy atom. The molecule has 0 unspecified atom stereocenters. The first kappa shape index (κ1) is 27.0. The van der Waals surface area contributed by atoms with Gasteiger partial charge in [0.1, 0.15) is 23.0 Å². The minimum absolute atomic E-state index is 0.140. The van der Waals surface area contributed by atoms with E-state index in [-0.39, 0.29) is 18.3 Å². The van der Waals surface area contributed by atoms with Crippen LogP contribution in [0.1, 0.15) is 51.4 Å². The lowest BCUT2D eigenvalue weighted by Crippen LogP contribution is -2.45. The molecule has 11 heteroatoms. The Bertz CT molecular complexity index is 1390. The fourth-order valence-electron chi connectivity index (χ4n) is 5.32. The second-order valence-corrected chi connectivity index (χ2v) is 11.0. The van der Waals surface area contributed by atoms with E-state index in [0.29, 0.717) is 23.3 Å². The molecule has 0 saturated carbocycles. The fourth-order valence-corrected chi connectivity index (χ4v) is 5.32.